The average Bonchev–Trinajstić information content (AvgIpc) is 2.80. The fourth-order valence-electron chi connectivity index (χ4n) is 1.87. The molecule has 0 aromatic heterocycles. The van der Waals surface area contributed by atoms with Crippen LogP contribution in [-0.4, -0.2) is 25.5 Å². The van der Waals surface area contributed by atoms with Crippen molar-refractivity contribution in [2.75, 3.05) is 13.2 Å². The second-order valence-electron chi connectivity index (χ2n) is 4.49. The Morgan fingerprint density at radius 1 is 1.24 bits per heavy atom. The third-order valence-corrected chi connectivity index (χ3v) is 2.89. The number of hydrogen-bond donors (Lipinski definition) is 0. The Hall–Kier alpha value is -0.770. The molecule has 0 aliphatic carbocycles. The highest BCUT2D eigenvalue weighted by atomic mass is 16.7. The van der Waals surface area contributed by atoms with Crippen LogP contribution in [0.25, 0.3) is 0 Å². The van der Waals surface area contributed by atoms with Crippen LogP contribution in [0.1, 0.15) is 58.3 Å². The highest BCUT2D eigenvalue weighted by molar-refractivity contribution is 5.60. The quantitative estimate of drug-likeness (QED) is 0.485. The van der Waals surface area contributed by atoms with Gasteiger partial charge in [-0.3, -0.25) is 0 Å². The van der Waals surface area contributed by atoms with Gasteiger partial charge in [0.15, 0.2) is 6.23 Å². The molecule has 1 rings (SSSR count). The van der Waals surface area contributed by atoms with Gasteiger partial charge in [0.25, 0.3) is 0 Å². The third-order valence-electron chi connectivity index (χ3n) is 2.89. The fourth-order valence-corrected chi connectivity index (χ4v) is 1.87. The van der Waals surface area contributed by atoms with Gasteiger partial charge < -0.3 is 9.47 Å². The molecule has 1 aliphatic rings. The van der Waals surface area contributed by atoms with Crippen molar-refractivity contribution >= 4 is 6.16 Å². The molecule has 4 nitrogen and oxygen atoms in total. The van der Waals surface area contributed by atoms with E-state index in [1.807, 2.05) is 0 Å². The minimum absolute atomic E-state index is 0.257. The minimum Gasteiger partial charge on any atom is -0.434 e. The lowest BCUT2D eigenvalue weighted by atomic mass is 10.1. The Kier molecular flexibility index (Phi) is 7.80. The molecule has 0 bridgehead atoms. The van der Waals surface area contributed by atoms with Crippen molar-refractivity contribution in [2.45, 2.75) is 64.5 Å². The van der Waals surface area contributed by atoms with Crippen LogP contribution in [0.4, 0.5) is 4.79 Å². The first-order chi connectivity index (χ1) is 8.33. The van der Waals surface area contributed by atoms with Gasteiger partial charge in [-0.05, 0) is 12.8 Å². The third kappa shape index (κ3) is 7.21. The van der Waals surface area contributed by atoms with E-state index in [2.05, 4.69) is 12.2 Å². The van der Waals surface area contributed by atoms with E-state index in [9.17, 15) is 4.79 Å². The van der Waals surface area contributed by atoms with Gasteiger partial charge in [-0.2, -0.15) is 0 Å². The highest BCUT2D eigenvalue weighted by Gasteiger charge is 2.20. The summed E-state index contributed by atoms with van der Waals surface area (Å²) in [5.74, 6) is 0. The molecule has 0 aromatic carbocycles. The largest absolute Gasteiger partial charge is 0.509 e. The average molecular weight is 242 g/mol. The zero-order chi connectivity index (χ0) is 12.3. The van der Waals surface area contributed by atoms with Gasteiger partial charge in [-0.1, -0.05) is 39.0 Å². The lowest BCUT2D eigenvalue weighted by molar-refractivity contribution is 0.0168. The van der Waals surface area contributed by atoms with Crippen molar-refractivity contribution < 1.29 is 14.3 Å². The topological polar surface area (TPSA) is 49.6 Å². The van der Waals surface area contributed by atoms with E-state index in [0.29, 0.717) is 6.61 Å². The first-order valence-electron chi connectivity index (χ1n) is 6.83. The molecular weight excluding hydrogens is 218 g/mol. The van der Waals surface area contributed by atoms with Gasteiger partial charge in [-0.25, -0.2) is 10.1 Å². The molecule has 99 valence electrons. The van der Waals surface area contributed by atoms with E-state index in [0.717, 1.165) is 32.2 Å². The maximum absolute atomic E-state index is 11.2. The second-order valence-corrected chi connectivity index (χ2v) is 4.49. The molecule has 0 saturated carbocycles. The summed E-state index contributed by atoms with van der Waals surface area (Å²) in [6.45, 7) is 3.47. The van der Waals surface area contributed by atoms with Gasteiger partial charge in [-0.15, -0.1) is 0 Å². The maximum atomic E-state index is 11.2. The molecule has 4 heteroatoms. The summed E-state index contributed by atoms with van der Waals surface area (Å²) >= 11 is 0. The number of ether oxygens (including phenoxy) is 2. The second kappa shape index (κ2) is 9.28. The molecule has 0 amide bonds. The Morgan fingerprint density at radius 2 is 2.00 bits per heavy atom. The van der Waals surface area contributed by atoms with Crippen molar-refractivity contribution in [2.24, 2.45) is 0 Å². The molecule has 0 spiro atoms. The first-order valence-corrected chi connectivity index (χ1v) is 6.83. The van der Waals surface area contributed by atoms with Crippen LogP contribution in [-0.2, 0) is 9.47 Å². The van der Waals surface area contributed by atoms with E-state index < -0.39 is 6.16 Å². The molecule has 1 fully saturated rings. The van der Waals surface area contributed by atoms with Gasteiger partial charge >= 0.3 is 6.16 Å². The molecular formula is C13H24NO3. The van der Waals surface area contributed by atoms with Crippen LogP contribution < -0.4 is 5.32 Å². The van der Waals surface area contributed by atoms with Crippen LogP contribution in [0.3, 0.4) is 0 Å². The van der Waals surface area contributed by atoms with Crippen molar-refractivity contribution in [3.05, 3.63) is 0 Å². The number of carbonyl (C=O) groups is 1. The van der Waals surface area contributed by atoms with E-state index in [1.165, 1.54) is 25.7 Å². The molecule has 1 saturated heterocycles. The van der Waals surface area contributed by atoms with Crippen LogP contribution >= 0.6 is 0 Å². The number of nitrogens with zero attached hydrogens (tertiary/aromatic N) is 1. The summed E-state index contributed by atoms with van der Waals surface area (Å²) in [6, 6.07) is 0. The zero-order valence-corrected chi connectivity index (χ0v) is 10.8. The number of rotatable bonds is 8. The molecule has 17 heavy (non-hydrogen) atoms. The molecule has 0 aromatic rings. The summed E-state index contributed by atoms with van der Waals surface area (Å²) in [5.41, 5.74) is 0. The number of carbonyl (C=O) groups excluding carboxylic acids is 1. The fraction of sp³-hybridized carbons (Fsp3) is 0.923. The van der Waals surface area contributed by atoms with E-state index >= 15 is 0 Å². The summed E-state index contributed by atoms with van der Waals surface area (Å²) < 4.78 is 10.0. The lowest BCUT2D eigenvalue weighted by Crippen LogP contribution is -2.23. The molecule has 1 unspecified atom stereocenters. The van der Waals surface area contributed by atoms with E-state index in [-0.39, 0.29) is 6.23 Å². The molecule has 1 radical (unpaired) electrons. The lowest BCUT2D eigenvalue weighted by Gasteiger charge is -2.10. The molecule has 1 aliphatic heterocycles. The van der Waals surface area contributed by atoms with Crippen molar-refractivity contribution in [3.63, 3.8) is 0 Å². The summed E-state index contributed by atoms with van der Waals surface area (Å²) in [4.78, 5) is 11.2. The van der Waals surface area contributed by atoms with Crippen LogP contribution in [0, 0.1) is 0 Å². The van der Waals surface area contributed by atoms with Crippen molar-refractivity contribution in [1.82, 2.24) is 5.32 Å². The normalized spacial score (nSPS) is 19.2. The summed E-state index contributed by atoms with van der Waals surface area (Å²) in [5, 5.41) is 4.13. The number of hydrogen-bond acceptors (Lipinski definition) is 3. The van der Waals surface area contributed by atoms with Gasteiger partial charge in [0.05, 0.1) is 6.61 Å². The molecule has 1 atom stereocenters. The summed E-state index contributed by atoms with van der Waals surface area (Å²) in [6.07, 6.45) is 8.15. The summed E-state index contributed by atoms with van der Waals surface area (Å²) in [7, 11) is 0. The Labute approximate surface area is 104 Å². The van der Waals surface area contributed by atoms with Crippen molar-refractivity contribution in [3.8, 4) is 0 Å². The van der Waals surface area contributed by atoms with Crippen LogP contribution in [0.15, 0.2) is 0 Å². The smallest absolute Gasteiger partial charge is 0.434 e. The minimum atomic E-state index is -0.561. The monoisotopic (exact) mass is 242 g/mol. The Bertz CT molecular complexity index is 203. The SMILES string of the molecule is CCCCCCCCOC(=O)OC1CCC[N]1. The van der Waals surface area contributed by atoms with Crippen molar-refractivity contribution in [1.29, 1.82) is 0 Å². The number of unbranched alkanes of at least 4 members (excludes halogenated alkanes) is 5. The zero-order valence-electron chi connectivity index (χ0n) is 10.8. The van der Waals surface area contributed by atoms with Gasteiger partial charge in [0.2, 0.25) is 0 Å². The predicted octanol–water partition coefficient (Wildman–Crippen LogP) is 3.22. The standard InChI is InChI=1S/C13H24NO3/c1-2-3-4-5-6-7-11-16-13(15)17-12-9-8-10-14-12/h12H,2-11H2,1H3. The predicted molar refractivity (Wildman–Crippen MR) is 65.8 cm³/mol. The Morgan fingerprint density at radius 3 is 2.71 bits per heavy atom. The van der Waals surface area contributed by atoms with E-state index in [4.69, 9.17) is 9.47 Å². The first kappa shape index (κ1) is 14.3. The van der Waals surface area contributed by atoms with E-state index in [1.54, 1.807) is 0 Å². The van der Waals surface area contributed by atoms with Gasteiger partial charge in [0.1, 0.15) is 0 Å². The maximum Gasteiger partial charge on any atom is 0.509 e. The molecule has 0 N–H and O–H groups in total. The highest BCUT2D eigenvalue weighted by Crippen LogP contribution is 2.09. The van der Waals surface area contributed by atoms with Crippen LogP contribution in [0.5, 0.6) is 0 Å². The van der Waals surface area contributed by atoms with Gasteiger partial charge in [0, 0.05) is 13.0 Å². The van der Waals surface area contributed by atoms with Crippen LogP contribution in [0.2, 0.25) is 0 Å². The molecule has 1 heterocycles. The Balaban J connectivity index is 1.86.